The fourth-order valence-corrected chi connectivity index (χ4v) is 5.19. The van der Waals surface area contributed by atoms with Crippen LogP contribution in [0.4, 0.5) is 25.0 Å². The maximum Gasteiger partial charge on any atom is 0.329 e. The van der Waals surface area contributed by atoms with Gasteiger partial charge in [0.15, 0.2) is 23.1 Å². The van der Waals surface area contributed by atoms with Crippen LogP contribution < -0.4 is 24.6 Å². The zero-order valence-electron chi connectivity index (χ0n) is 21.2. The molecule has 0 spiro atoms. The highest BCUT2D eigenvalue weighted by atomic mass is 19.1. The molecule has 2 N–H and O–H groups in total. The number of carbonyl (C=O) groups excluding carboxylic acids is 2. The number of hydrogen-bond donors (Lipinski definition) is 2. The lowest BCUT2D eigenvalue weighted by atomic mass is 10.1. The van der Waals surface area contributed by atoms with Crippen molar-refractivity contribution < 1.29 is 27.8 Å². The fraction of sp³-hybridized carbons (Fsp3) is 0.400. The van der Waals surface area contributed by atoms with Gasteiger partial charge in [-0.3, -0.25) is 14.6 Å². The van der Waals surface area contributed by atoms with Crippen molar-refractivity contribution in [3.63, 3.8) is 0 Å². The molecule has 37 heavy (non-hydrogen) atoms. The average Bonchev–Trinajstić information content (AvgIpc) is 3.30. The summed E-state index contributed by atoms with van der Waals surface area (Å²) in [6.07, 6.45) is 1.53. The second-order valence-corrected chi connectivity index (χ2v) is 9.44. The van der Waals surface area contributed by atoms with Crippen LogP contribution in [0.5, 0.6) is 11.5 Å². The Labute approximate surface area is 212 Å². The lowest BCUT2D eigenvalue weighted by Crippen LogP contribution is -2.55. The van der Waals surface area contributed by atoms with Gasteiger partial charge in [0.2, 0.25) is 0 Å². The first-order valence-corrected chi connectivity index (χ1v) is 11.9. The highest BCUT2D eigenvalue weighted by molar-refractivity contribution is 6.12. The van der Waals surface area contributed by atoms with Crippen LogP contribution in [0.15, 0.2) is 18.3 Å². The molecule has 1 aromatic carbocycles. The molecule has 196 valence electrons. The zero-order chi connectivity index (χ0) is 26.6. The molecule has 1 saturated heterocycles. The highest BCUT2D eigenvalue weighted by Crippen LogP contribution is 2.42. The third-order valence-electron chi connectivity index (χ3n) is 6.78. The van der Waals surface area contributed by atoms with Gasteiger partial charge in [0, 0.05) is 55.4 Å². The second-order valence-electron chi connectivity index (χ2n) is 9.44. The number of methoxy groups -OCH3 is 2. The zero-order valence-corrected chi connectivity index (χ0v) is 21.2. The van der Waals surface area contributed by atoms with Crippen LogP contribution in [0.25, 0.3) is 11.0 Å². The number of piperazine rings is 1. The minimum atomic E-state index is -1.02. The highest BCUT2D eigenvalue weighted by Gasteiger charge is 2.37. The number of hydrogen-bond acceptors (Lipinski definition) is 6. The molecule has 5 rings (SSSR count). The van der Waals surface area contributed by atoms with Crippen molar-refractivity contribution in [2.75, 3.05) is 44.2 Å². The molecular formula is C25H28F2N6O4. The molecule has 2 unspecified atom stereocenters. The van der Waals surface area contributed by atoms with Crippen LogP contribution in [0.2, 0.25) is 0 Å². The number of amides is 3. The topological polar surface area (TPSA) is 103 Å². The van der Waals surface area contributed by atoms with Crippen LogP contribution in [-0.2, 0) is 6.54 Å². The van der Waals surface area contributed by atoms with Crippen molar-refractivity contribution in [1.82, 2.24) is 20.2 Å². The second kappa shape index (κ2) is 9.18. The third kappa shape index (κ3) is 4.01. The molecule has 2 atom stereocenters. The van der Waals surface area contributed by atoms with E-state index >= 15 is 8.78 Å². The quantitative estimate of drug-likeness (QED) is 0.554. The van der Waals surface area contributed by atoms with Crippen molar-refractivity contribution in [2.24, 2.45) is 0 Å². The molecule has 0 saturated carbocycles. The van der Waals surface area contributed by atoms with Crippen LogP contribution >= 0.6 is 0 Å². The summed E-state index contributed by atoms with van der Waals surface area (Å²) >= 11 is 0. The number of aromatic amines is 1. The number of benzene rings is 1. The van der Waals surface area contributed by atoms with Crippen LogP contribution in [0.1, 0.15) is 29.9 Å². The average molecular weight is 515 g/mol. The van der Waals surface area contributed by atoms with Crippen LogP contribution in [-0.4, -0.2) is 73.2 Å². The SMILES string of the molecule is COc1cc(OC)c(F)c(N2Cc3cnc4[nH]c(C(=O)N5CC(C)NC(C)C5)cc4c3N(C)C2=O)c1F. The van der Waals surface area contributed by atoms with Gasteiger partial charge in [-0.1, -0.05) is 0 Å². The van der Waals surface area contributed by atoms with E-state index < -0.39 is 23.4 Å². The number of fused-ring (bicyclic) bond motifs is 3. The number of anilines is 2. The summed E-state index contributed by atoms with van der Waals surface area (Å²) in [5.41, 5.74) is 1.28. The number of H-pyrrole nitrogens is 1. The summed E-state index contributed by atoms with van der Waals surface area (Å²) < 4.78 is 40.4. The first-order chi connectivity index (χ1) is 17.6. The molecule has 3 amide bonds. The minimum Gasteiger partial charge on any atom is -0.493 e. The number of rotatable bonds is 4. The van der Waals surface area contributed by atoms with E-state index in [0.717, 1.165) is 11.0 Å². The van der Waals surface area contributed by atoms with Crippen molar-refractivity contribution in [3.05, 3.63) is 41.2 Å². The van der Waals surface area contributed by atoms with E-state index in [1.54, 1.807) is 11.0 Å². The molecule has 4 heterocycles. The normalized spacial score (nSPS) is 19.9. The van der Waals surface area contributed by atoms with Gasteiger partial charge in [0.1, 0.15) is 17.0 Å². The first-order valence-electron chi connectivity index (χ1n) is 11.9. The van der Waals surface area contributed by atoms with Crippen LogP contribution in [0, 0.1) is 11.6 Å². The van der Waals surface area contributed by atoms with E-state index in [1.165, 1.54) is 32.4 Å². The Balaban J connectivity index is 1.55. The number of aromatic nitrogens is 2. The van der Waals surface area contributed by atoms with Crippen molar-refractivity contribution in [1.29, 1.82) is 0 Å². The molecule has 2 aliphatic heterocycles. The molecule has 2 aliphatic rings. The smallest absolute Gasteiger partial charge is 0.329 e. The Morgan fingerprint density at radius 2 is 1.68 bits per heavy atom. The number of halogens is 2. The molecule has 12 heteroatoms. The van der Waals surface area contributed by atoms with Gasteiger partial charge >= 0.3 is 6.03 Å². The molecule has 0 aliphatic carbocycles. The fourth-order valence-electron chi connectivity index (χ4n) is 5.19. The monoisotopic (exact) mass is 514 g/mol. The van der Waals surface area contributed by atoms with E-state index in [1.807, 2.05) is 13.8 Å². The van der Waals surface area contributed by atoms with Gasteiger partial charge in [0.05, 0.1) is 26.5 Å². The molecule has 2 aromatic heterocycles. The maximum atomic E-state index is 15.2. The number of carbonyl (C=O) groups is 2. The van der Waals surface area contributed by atoms with E-state index in [0.29, 0.717) is 41.1 Å². The van der Waals surface area contributed by atoms with Crippen molar-refractivity contribution in [2.45, 2.75) is 32.5 Å². The molecule has 0 radical (unpaired) electrons. The largest absolute Gasteiger partial charge is 0.493 e. The number of nitrogens with one attached hydrogen (secondary N) is 2. The Bertz CT molecular complexity index is 1370. The van der Waals surface area contributed by atoms with Gasteiger partial charge in [0.25, 0.3) is 5.91 Å². The number of urea groups is 1. The first kappa shape index (κ1) is 24.8. The Morgan fingerprint density at radius 3 is 2.27 bits per heavy atom. The molecule has 3 aromatic rings. The predicted molar refractivity (Wildman–Crippen MR) is 134 cm³/mol. The maximum absolute atomic E-state index is 15.2. The summed E-state index contributed by atoms with van der Waals surface area (Å²) in [5, 5.41) is 3.97. The summed E-state index contributed by atoms with van der Waals surface area (Å²) in [6, 6.07) is 2.42. The lowest BCUT2D eigenvalue weighted by molar-refractivity contribution is 0.0669. The van der Waals surface area contributed by atoms with E-state index in [-0.39, 0.29) is 36.0 Å². The Kier molecular flexibility index (Phi) is 6.14. The predicted octanol–water partition coefficient (Wildman–Crippen LogP) is 3.26. The number of pyridine rings is 1. The van der Waals surface area contributed by atoms with Gasteiger partial charge < -0.3 is 24.7 Å². The standard InChI is InChI=1S/C25H28F2N6O4/c1-12-9-32(10-13(2)29-12)24(34)16-6-15-21-14(8-28-23(15)30-16)11-33(25(35)31(21)3)22-19(26)17(36-4)7-18(37-5)20(22)27/h6-8,12-13,29H,9-11H2,1-5H3,(H,28,30). The Hall–Kier alpha value is -3.93. The molecular weight excluding hydrogens is 486 g/mol. The van der Waals surface area contributed by atoms with Crippen molar-refractivity contribution >= 4 is 34.3 Å². The number of nitrogens with zero attached hydrogens (tertiary/aromatic N) is 4. The third-order valence-corrected chi connectivity index (χ3v) is 6.78. The summed E-state index contributed by atoms with van der Waals surface area (Å²) in [5.74, 6) is -2.71. The molecule has 10 nitrogen and oxygen atoms in total. The molecule has 1 fully saturated rings. The van der Waals surface area contributed by atoms with Gasteiger partial charge in [-0.15, -0.1) is 0 Å². The Morgan fingerprint density at radius 1 is 1.05 bits per heavy atom. The van der Waals surface area contributed by atoms with Crippen LogP contribution in [0.3, 0.4) is 0 Å². The summed E-state index contributed by atoms with van der Waals surface area (Å²) in [4.78, 5) is 38.2. The minimum absolute atomic E-state index is 0.146. The van der Waals surface area contributed by atoms with E-state index in [2.05, 4.69) is 15.3 Å². The van der Waals surface area contributed by atoms with Crippen molar-refractivity contribution in [3.8, 4) is 11.5 Å². The van der Waals surface area contributed by atoms with Gasteiger partial charge in [-0.05, 0) is 19.9 Å². The van der Waals surface area contributed by atoms with E-state index in [9.17, 15) is 9.59 Å². The summed E-state index contributed by atoms with van der Waals surface area (Å²) in [7, 11) is 3.99. The van der Waals surface area contributed by atoms with E-state index in [4.69, 9.17) is 9.47 Å². The molecule has 0 bridgehead atoms. The number of ether oxygens (including phenoxy) is 2. The lowest BCUT2D eigenvalue weighted by Gasteiger charge is -2.36. The van der Waals surface area contributed by atoms with Gasteiger partial charge in [-0.2, -0.15) is 0 Å². The van der Waals surface area contributed by atoms with Gasteiger partial charge in [-0.25, -0.2) is 18.6 Å². The summed E-state index contributed by atoms with van der Waals surface area (Å²) in [6.45, 7) is 5.04.